The molecule has 0 spiro atoms. The van der Waals surface area contributed by atoms with Crippen molar-refractivity contribution in [2.45, 2.75) is 18.6 Å². The average molecular weight is 262 g/mol. The van der Waals surface area contributed by atoms with Gasteiger partial charge >= 0.3 is 0 Å². The van der Waals surface area contributed by atoms with Gasteiger partial charge in [-0.2, -0.15) is 0 Å². The lowest BCUT2D eigenvalue weighted by Gasteiger charge is -2.27. The van der Waals surface area contributed by atoms with Gasteiger partial charge in [0.2, 0.25) is 0 Å². The summed E-state index contributed by atoms with van der Waals surface area (Å²) in [7, 11) is 0. The van der Waals surface area contributed by atoms with Gasteiger partial charge in [-0.15, -0.1) is 12.4 Å². The topological polar surface area (TPSA) is 44.5 Å². The minimum Gasteiger partial charge on any atom is -0.343 e. The second-order valence-corrected chi connectivity index (χ2v) is 3.85. The summed E-state index contributed by atoms with van der Waals surface area (Å²) in [5.74, 6) is -0.969. The highest BCUT2D eigenvalue weighted by molar-refractivity contribution is 5.85. The van der Waals surface area contributed by atoms with Crippen LogP contribution in [0.5, 0.6) is 0 Å². The van der Waals surface area contributed by atoms with E-state index in [1.54, 1.807) is 12.1 Å². The van der Waals surface area contributed by atoms with Gasteiger partial charge in [0.1, 0.15) is 5.82 Å². The lowest BCUT2D eigenvalue weighted by Crippen LogP contribution is -2.28. The minimum absolute atomic E-state index is 0. The monoisotopic (exact) mass is 261 g/mol. The normalized spacial score (nSPS) is 17.8. The SMILES string of the molecule is Cl.NCCCC1(c2ccc(F)cc2)OCCO1. The molecule has 3 nitrogen and oxygen atoms in total. The van der Waals surface area contributed by atoms with Crippen molar-refractivity contribution in [3.63, 3.8) is 0 Å². The molecule has 1 aromatic carbocycles. The third kappa shape index (κ3) is 3.16. The van der Waals surface area contributed by atoms with Crippen LogP contribution in [0.15, 0.2) is 24.3 Å². The van der Waals surface area contributed by atoms with Gasteiger partial charge in [-0.1, -0.05) is 12.1 Å². The number of hydrogen-bond donors (Lipinski definition) is 1. The van der Waals surface area contributed by atoms with Crippen molar-refractivity contribution in [3.8, 4) is 0 Å². The van der Waals surface area contributed by atoms with E-state index in [2.05, 4.69) is 0 Å². The standard InChI is InChI=1S/C12H16FNO2.ClH/c13-11-4-2-10(3-5-11)12(6-1-7-14)15-8-9-16-12;/h2-5H,1,6-9,14H2;1H. The van der Waals surface area contributed by atoms with Crippen molar-refractivity contribution < 1.29 is 13.9 Å². The molecular weight excluding hydrogens is 245 g/mol. The van der Waals surface area contributed by atoms with Crippen LogP contribution in [0.4, 0.5) is 4.39 Å². The molecule has 0 radical (unpaired) electrons. The number of benzene rings is 1. The van der Waals surface area contributed by atoms with E-state index in [4.69, 9.17) is 15.2 Å². The predicted octanol–water partition coefficient (Wildman–Crippen LogP) is 2.19. The summed E-state index contributed by atoms with van der Waals surface area (Å²) in [6, 6.07) is 6.25. The highest BCUT2D eigenvalue weighted by Crippen LogP contribution is 2.35. The van der Waals surface area contributed by atoms with E-state index in [0.717, 1.165) is 12.0 Å². The van der Waals surface area contributed by atoms with E-state index in [0.29, 0.717) is 26.2 Å². The van der Waals surface area contributed by atoms with Crippen molar-refractivity contribution in [2.75, 3.05) is 19.8 Å². The Morgan fingerprint density at radius 3 is 2.29 bits per heavy atom. The first-order chi connectivity index (χ1) is 7.77. The first-order valence-corrected chi connectivity index (χ1v) is 5.51. The van der Waals surface area contributed by atoms with Crippen LogP contribution >= 0.6 is 12.4 Å². The predicted molar refractivity (Wildman–Crippen MR) is 65.5 cm³/mol. The molecule has 0 bridgehead atoms. The summed E-state index contributed by atoms with van der Waals surface area (Å²) in [5, 5.41) is 0. The van der Waals surface area contributed by atoms with E-state index in [-0.39, 0.29) is 18.2 Å². The third-order valence-corrected chi connectivity index (χ3v) is 2.75. The van der Waals surface area contributed by atoms with Crippen LogP contribution in [0.1, 0.15) is 18.4 Å². The van der Waals surface area contributed by atoms with Gasteiger partial charge in [-0.25, -0.2) is 4.39 Å². The molecule has 96 valence electrons. The zero-order chi connectivity index (χ0) is 11.4. The van der Waals surface area contributed by atoms with E-state index < -0.39 is 5.79 Å². The molecular formula is C12H17ClFNO2. The van der Waals surface area contributed by atoms with Crippen LogP contribution < -0.4 is 5.73 Å². The van der Waals surface area contributed by atoms with Crippen LogP contribution in [0.25, 0.3) is 0 Å². The van der Waals surface area contributed by atoms with Crippen molar-refractivity contribution in [3.05, 3.63) is 35.6 Å². The van der Waals surface area contributed by atoms with Crippen LogP contribution in [-0.2, 0) is 15.3 Å². The summed E-state index contributed by atoms with van der Waals surface area (Å²) in [6.45, 7) is 1.74. The molecule has 1 aliphatic rings. The molecule has 1 aliphatic heterocycles. The van der Waals surface area contributed by atoms with Crippen molar-refractivity contribution >= 4 is 12.4 Å². The molecule has 2 N–H and O–H groups in total. The highest BCUT2D eigenvalue weighted by Gasteiger charge is 2.37. The molecule has 1 fully saturated rings. The lowest BCUT2D eigenvalue weighted by atomic mass is 10.0. The molecule has 5 heteroatoms. The van der Waals surface area contributed by atoms with Crippen molar-refractivity contribution in [1.29, 1.82) is 0 Å². The molecule has 0 aliphatic carbocycles. The van der Waals surface area contributed by atoms with E-state index in [1.807, 2.05) is 0 Å². The fraction of sp³-hybridized carbons (Fsp3) is 0.500. The Morgan fingerprint density at radius 2 is 1.76 bits per heavy atom. The third-order valence-electron chi connectivity index (χ3n) is 2.75. The first kappa shape index (κ1) is 14.4. The Bertz CT molecular complexity index is 339. The average Bonchev–Trinajstić information content (AvgIpc) is 2.77. The second kappa shape index (κ2) is 6.31. The maximum Gasteiger partial charge on any atom is 0.195 e. The van der Waals surface area contributed by atoms with Gasteiger partial charge in [0, 0.05) is 12.0 Å². The minimum atomic E-state index is -0.715. The van der Waals surface area contributed by atoms with Gasteiger partial charge in [-0.3, -0.25) is 0 Å². The van der Waals surface area contributed by atoms with Crippen LogP contribution in [0.3, 0.4) is 0 Å². The van der Waals surface area contributed by atoms with Crippen LogP contribution in [0.2, 0.25) is 0 Å². The number of halogens is 2. The van der Waals surface area contributed by atoms with Crippen LogP contribution in [-0.4, -0.2) is 19.8 Å². The zero-order valence-corrected chi connectivity index (χ0v) is 10.3. The fourth-order valence-corrected chi connectivity index (χ4v) is 1.95. The number of hydrogen-bond acceptors (Lipinski definition) is 3. The van der Waals surface area contributed by atoms with Gasteiger partial charge in [0.05, 0.1) is 13.2 Å². The molecule has 0 atom stereocenters. The van der Waals surface area contributed by atoms with E-state index in [1.165, 1.54) is 12.1 Å². The Labute approximate surface area is 107 Å². The molecule has 1 aromatic rings. The molecule has 1 saturated heterocycles. The van der Waals surface area contributed by atoms with Gasteiger partial charge < -0.3 is 15.2 Å². The largest absolute Gasteiger partial charge is 0.343 e. The van der Waals surface area contributed by atoms with E-state index >= 15 is 0 Å². The molecule has 2 rings (SSSR count). The summed E-state index contributed by atoms with van der Waals surface area (Å²) < 4.78 is 24.2. The summed E-state index contributed by atoms with van der Waals surface area (Å²) in [6.07, 6.45) is 1.52. The molecule has 0 amide bonds. The molecule has 0 saturated carbocycles. The fourth-order valence-electron chi connectivity index (χ4n) is 1.95. The Morgan fingerprint density at radius 1 is 1.18 bits per heavy atom. The van der Waals surface area contributed by atoms with Gasteiger partial charge in [0.25, 0.3) is 0 Å². The van der Waals surface area contributed by atoms with Gasteiger partial charge in [-0.05, 0) is 25.1 Å². The number of rotatable bonds is 4. The smallest absolute Gasteiger partial charge is 0.195 e. The molecule has 0 aromatic heterocycles. The molecule has 17 heavy (non-hydrogen) atoms. The number of ether oxygens (including phenoxy) is 2. The Hall–Kier alpha value is -0.680. The quantitative estimate of drug-likeness (QED) is 0.904. The summed E-state index contributed by atoms with van der Waals surface area (Å²) in [5.41, 5.74) is 6.36. The van der Waals surface area contributed by atoms with Crippen LogP contribution in [0, 0.1) is 5.82 Å². The Kier molecular flexibility index (Phi) is 5.33. The second-order valence-electron chi connectivity index (χ2n) is 3.85. The van der Waals surface area contributed by atoms with E-state index in [9.17, 15) is 4.39 Å². The number of nitrogens with two attached hydrogens (primary N) is 1. The zero-order valence-electron chi connectivity index (χ0n) is 9.52. The van der Waals surface area contributed by atoms with Gasteiger partial charge in [0.15, 0.2) is 5.79 Å². The van der Waals surface area contributed by atoms with Crippen molar-refractivity contribution in [1.82, 2.24) is 0 Å². The highest BCUT2D eigenvalue weighted by atomic mass is 35.5. The molecule has 1 heterocycles. The maximum absolute atomic E-state index is 12.8. The maximum atomic E-state index is 12.8. The summed E-state index contributed by atoms with van der Waals surface area (Å²) in [4.78, 5) is 0. The first-order valence-electron chi connectivity index (χ1n) is 5.51. The Balaban J connectivity index is 0.00000144. The van der Waals surface area contributed by atoms with Crippen molar-refractivity contribution in [2.24, 2.45) is 5.73 Å². The summed E-state index contributed by atoms with van der Waals surface area (Å²) >= 11 is 0. The molecule has 0 unspecified atom stereocenters. The lowest BCUT2D eigenvalue weighted by molar-refractivity contribution is -0.171.